The van der Waals surface area contributed by atoms with E-state index in [0.717, 1.165) is 19.6 Å². The SMILES string of the molecule is O=[N+]([O-])c1ccc(OCCC2OCCCO2)cc1. The molecule has 0 aliphatic carbocycles. The van der Waals surface area contributed by atoms with E-state index in [1.165, 1.54) is 12.1 Å². The fraction of sp³-hybridized carbons (Fsp3) is 0.500. The van der Waals surface area contributed by atoms with Crippen LogP contribution >= 0.6 is 0 Å². The summed E-state index contributed by atoms with van der Waals surface area (Å²) in [7, 11) is 0. The van der Waals surface area contributed by atoms with Gasteiger partial charge in [-0.15, -0.1) is 0 Å². The lowest BCUT2D eigenvalue weighted by Gasteiger charge is -2.23. The van der Waals surface area contributed by atoms with E-state index in [9.17, 15) is 10.1 Å². The molecule has 1 fully saturated rings. The summed E-state index contributed by atoms with van der Waals surface area (Å²) in [5.74, 6) is 0.608. The van der Waals surface area contributed by atoms with Crippen molar-refractivity contribution in [2.75, 3.05) is 19.8 Å². The average molecular weight is 253 g/mol. The van der Waals surface area contributed by atoms with Gasteiger partial charge in [0, 0.05) is 18.6 Å². The summed E-state index contributed by atoms with van der Waals surface area (Å²) < 4.78 is 16.2. The van der Waals surface area contributed by atoms with Crippen LogP contribution in [0.1, 0.15) is 12.8 Å². The molecule has 0 atom stereocenters. The maximum Gasteiger partial charge on any atom is 0.269 e. The lowest BCUT2D eigenvalue weighted by atomic mass is 10.3. The first-order valence-electron chi connectivity index (χ1n) is 5.86. The summed E-state index contributed by atoms with van der Waals surface area (Å²) in [4.78, 5) is 10.0. The molecule has 1 aliphatic rings. The van der Waals surface area contributed by atoms with Crippen LogP contribution in [0.25, 0.3) is 0 Å². The topological polar surface area (TPSA) is 70.8 Å². The van der Waals surface area contributed by atoms with E-state index in [1.807, 2.05) is 0 Å². The standard InChI is InChI=1S/C12H15NO5/c14-13(15)10-2-4-11(5-3-10)16-9-6-12-17-7-1-8-18-12/h2-5,12H,1,6-9H2. The minimum atomic E-state index is -0.437. The number of hydrogen-bond acceptors (Lipinski definition) is 5. The van der Waals surface area contributed by atoms with E-state index in [-0.39, 0.29) is 12.0 Å². The van der Waals surface area contributed by atoms with Gasteiger partial charge in [0.2, 0.25) is 0 Å². The summed E-state index contributed by atoms with van der Waals surface area (Å²) in [5.41, 5.74) is 0.0568. The summed E-state index contributed by atoms with van der Waals surface area (Å²) in [5, 5.41) is 10.5. The van der Waals surface area contributed by atoms with Gasteiger partial charge in [-0.3, -0.25) is 10.1 Å². The number of nitro groups is 1. The average Bonchev–Trinajstić information content (AvgIpc) is 2.40. The first-order chi connectivity index (χ1) is 8.75. The van der Waals surface area contributed by atoms with Gasteiger partial charge < -0.3 is 14.2 Å². The Kier molecular flexibility index (Phi) is 4.49. The number of ether oxygens (including phenoxy) is 3. The van der Waals surface area contributed by atoms with Crippen LogP contribution in [0, 0.1) is 10.1 Å². The lowest BCUT2D eigenvalue weighted by molar-refractivity contribution is -0.384. The monoisotopic (exact) mass is 253 g/mol. The van der Waals surface area contributed by atoms with Crippen LogP contribution in [-0.4, -0.2) is 31.0 Å². The number of hydrogen-bond donors (Lipinski definition) is 0. The number of nitrogens with zero attached hydrogens (tertiary/aromatic N) is 1. The quantitative estimate of drug-likeness (QED) is 0.593. The molecule has 1 heterocycles. The Morgan fingerprint density at radius 2 is 1.94 bits per heavy atom. The Morgan fingerprint density at radius 1 is 1.28 bits per heavy atom. The normalized spacial score (nSPS) is 16.4. The van der Waals surface area contributed by atoms with Crippen LogP contribution < -0.4 is 4.74 Å². The Balaban J connectivity index is 1.74. The molecule has 0 saturated carbocycles. The van der Waals surface area contributed by atoms with Crippen LogP contribution in [-0.2, 0) is 9.47 Å². The van der Waals surface area contributed by atoms with Crippen LogP contribution in [0.4, 0.5) is 5.69 Å². The Hall–Kier alpha value is -1.66. The molecule has 0 N–H and O–H groups in total. The highest BCUT2D eigenvalue weighted by molar-refractivity contribution is 5.35. The van der Waals surface area contributed by atoms with Crippen LogP contribution in [0.2, 0.25) is 0 Å². The van der Waals surface area contributed by atoms with Gasteiger partial charge in [0.05, 0.1) is 24.7 Å². The zero-order valence-corrected chi connectivity index (χ0v) is 9.91. The minimum Gasteiger partial charge on any atom is -0.493 e. The summed E-state index contributed by atoms with van der Waals surface area (Å²) >= 11 is 0. The number of non-ortho nitro benzene ring substituents is 1. The van der Waals surface area contributed by atoms with Gasteiger partial charge in [-0.2, -0.15) is 0 Å². The minimum absolute atomic E-state index is 0.0568. The van der Waals surface area contributed by atoms with Gasteiger partial charge in [0.1, 0.15) is 5.75 Å². The van der Waals surface area contributed by atoms with E-state index in [1.54, 1.807) is 12.1 Å². The van der Waals surface area contributed by atoms with Gasteiger partial charge in [0.15, 0.2) is 6.29 Å². The highest BCUT2D eigenvalue weighted by Gasteiger charge is 2.14. The molecular formula is C12H15NO5. The van der Waals surface area contributed by atoms with Crippen molar-refractivity contribution >= 4 is 5.69 Å². The molecule has 0 radical (unpaired) electrons. The second kappa shape index (κ2) is 6.32. The summed E-state index contributed by atoms with van der Waals surface area (Å²) in [6.45, 7) is 1.91. The first kappa shape index (κ1) is 12.8. The van der Waals surface area contributed by atoms with Crippen LogP contribution in [0.5, 0.6) is 5.75 Å². The van der Waals surface area contributed by atoms with E-state index in [4.69, 9.17) is 14.2 Å². The molecule has 0 unspecified atom stereocenters. The number of nitro benzene ring substituents is 1. The maximum absolute atomic E-state index is 10.5. The first-order valence-corrected chi connectivity index (χ1v) is 5.86. The number of benzene rings is 1. The molecule has 1 aromatic carbocycles. The molecule has 1 aliphatic heterocycles. The van der Waals surface area contributed by atoms with Crippen LogP contribution in [0.15, 0.2) is 24.3 Å². The third-order valence-electron chi connectivity index (χ3n) is 2.57. The van der Waals surface area contributed by atoms with Gasteiger partial charge in [-0.1, -0.05) is 0 Å². The smallest absolute Gasteiger partial charge is 0.269 e. The zero-order chi connectivity index (χ0) is 12.8. The highest BCUT2D eigenvalue weighted by Crippen LogP contribution is 2.18. The fourth-order valence-corrected chi connectivity index (χ4v) is 1.64. The van der Waals surface area contributed by atoms with Crippen molar-refractivity contribution in [3.8, 4) is 5.75 Å². The zero-order valence-electron chi connectivity index (χ0n) is 9.91. The molecule has 0 aromatic heterocycles. The Morgan fingerprint density at radius 3 is 2.56 bits per heavy atom. The Bertz CT molecular complexity index is 386. The largest absolute Gasteiger partial charge is 0.493 e. The molecule has 1 saturated heterocycles. The van der Waals surface area contributed by atoms with E-state index in [0.29, 0.717) is 18.8 Å². The van der Waals surface area contributed by atoms with Gasteiger partial charge in [-0.05, 0) is 18.6 Å². The van der Waals surface area contributed by atoms with Gasteiger partial charge in [0.25, 0.3) is 5.69 Å². The summed E-state index contributed by atoms with van der Waals surface area (Å²) in [6.07, 6.45) is 1.38. The molecular weight excluding hydrogens is 238 g/mol. The third-order valence-corrected chi connectivity index (χ3v) is 2.57. The summed E-state index contributed by atoms with van der Waals surface area (Å²) in [6, 6.07) is 6.01. The van der Waals surface area contributed by atoms with Crippen LogP contribution in [0.3, 0.4) is 0 Å². The fourth-order valence-electron chi connectivity index (χ4n) is 1.64. The van der Waals surface area contributed by atoms with Crippen molar-refractivity contribution in [2.45, 2.75) is 19.1 Å². The molecule has 6 heteroatoms. The third kappa shape index (κ3) is 3.68. The van der Waals surface area contributed by atoms with Crippen molar-refractivity contribution in [1.29, 1.82) is 0 Å². The molecule has 2 rings (SSSR count). The van der Waals surface area contributed by atoms with Gasteiger partial charge in [-0.25, -0.2) is 0 Å². The second-order valence-electron chi connectivity index (χ2n) is 3.91. The van der Waals surface area contributed by atoms with Crippen molar-refractivity contribution in [2.24, 2.45) is 0 Å². The van der Waals surface area contributed by atoms with E-state index < -0.39 is 4.92 Å². The Labute approximate surface area is 105 Å². The van der Waals surface area contributed by atoms with Crippen molar-refractivity contribution in [1.82, 2.24) is 0 Å². The predicted molar refractivity (Wildman–Crippen MR) is 63.5 cm³/mol. The molecule has 18 heavy (non-hydrogen) atoms. The molecule has 98 valence electrons. The predicted octanol–water partition coefficient (Wildman–Crippen LogP) is 2.13. The van der Waals surface area contributed by atoms with E-state index in [2.05, 4.69) is 0 Å². The van der Waals surface area contributed by atoms with E-state index >= 15 is 0 Å². The number of rotatable bonds is 5. The lowest BCUT2D eigenvalue weighted by Crippen LogP contribution is -2.26. The van der Waals surface area contributed by atoms with Gasteiger partial charge >= 0.3 is 0 Å². The van der Waals surface area contributed by atoms with Crippen molar-refractivity contribution in [3.63, 3.8) is 0 Å². The van der Waals surface area contributed by atoms with Crippen molar-refractivity contribution in [3.05, 3.63) is 34.4 Å². The molecule has 0 amide bonds. The highest BCUT2D eigenvalue weighted by atomic mass is 16.7. The van der Waals surface area contributed by atoms with Crippen molar-refractivity contribution < 1.29 is 19.1 Å². The molecule has 6 nitrogen and oxygen atoms in total. The second-order valence-corrected chi connectivity index (χ2v) is 3.91. The molecule has 0 bridgehead atoms. The maximum atomic E-state index is 10.5. The molecule has 1 aromatic rings. The molecule has 0 spiro atoms.